The van der Waals surface area contributed by atoms with Crippen LogP contribution in [0.5, 0.6) is 0 Å². The highest BCUT2D eigenvalue weighted by atomic mass is 16.4. The second kappa shape index (κ2) is 6.43. The first-order valence-corrected chi connectivity index (χ1v) is 6.87. The van der Waals surface area contributed by atoms with E-state index in [0.29, 0.717) is 6.42 Å². The number of hydrogen-bond acceptors (Lipinski definition) is 1. The fourth-order valence-corrected chi connectivity index (χ4v) is 1.95. The standard InChI is InChI=1S/C17H26O2.CH4/c1-16(2,3)13-9-12(7-8-15(18)19)10-14(11-13)17(4,5)6;/h9-11H,7-8H2,1-6H3,(H,18,19);1H4. The highest BCUT2D eigenvalue weighted by molar-refractivity contribution is 5.67. The Bertz CT molecular complexity index is 427. The normalized spacial score (nSPS) is 11.9. The molecule has 0 fully saturated rings. The van der Waals surface area contributed by atoms with E-state index in [4.69, 9.17) is 5.11 Å². The highest BCUT2D eigenvalue weighted by Crippen LogP contribution is 2.30. The number of aryl methyl sites for hydroxylation is 1. The minimum Gasteiger partial charge on any atom is -0.481 e. The summed E-state index contributed by atoms with van der Waals surface area (Å²) in [6.45, 7) is 13.1. The van der Waals surface area contributed by atoms with Gasteiger partial charge in [0.05, 0.1) is 0 Å². The number of carboxylic acids is 1. The van der Waals surface area contributed by atoms with Gasteiger partial charge < -0.3 is 5.11 Å². The lowest BCUT2D eigenvalue weighted by Crippen LogP contribution is -2.17. The quantitative estimate of drug-likeness (QED) is 0.850. The summed E-state index contributed by atoms with van der Waals surface area (Å²) in [5.41, 5.74) is 3.85. The van der Waals surface area contributed by atoms with E-state index >= 15 is 0 Å². The predicted octanol–water partition coefficient (Wildman–Crippen LogP) is 4.93. The van der Waals surface area contributed by atoms with Crippen molar-refractivity contribution in [2.24, 2.45) is 0 Å². The molecule has 0 aliphatic rings. The molecule has 0 amide bonds. The Kier molecular flexibility index (Phi) is 6.01. The van der Waals surface area contributed by atoms with Crippen molar-refractivity contribution >= 4 is 5.97 Å². The number of hydrogen-bond donors (Lipinski definition) is 1. The second-order valence-electron chi connectivity index (χ2n) is 7.31. The lowest BCUT2D eigenvalue weighted by Gasteiger charge is -2.26. The Morgan fingerprint density at radius 1 is 0.950 bits per heavy atom. The van der Waals surface area contributed by atoms with Crippen LogP contribution in [0.15, 0.2) is 18.2 Å². The van der Waals surface area contributed by atoms with Gasteiger partial charge in [0.2, 0.25) is 0 Å². The summed E-state index contributed by atoms with van der Waals surface area (Å²) in [6.07, 6.45) is 0.791. The van der Waals surface area contributed by atoms with Gasteiger partial charge in [-0.1, -0.05) is 67.2 Å². The summed E-state index contributed by atoms with van der Waals surface area (Å²) in [5.74, 6) is -0.738. The van der Waals surface area contributed by atoms with E-state index in [0.717, 1.165) is 5.56 Å². The Labute approximate surface area is 124 Å². The maximum absolute atomic E-state index is 10.7. The zero-order valence-electron chi connectivity index (χ0n) is 13.0. The molecule has 2 heteroatoms. The van der Waals surface area contributed by atoms with Gasteiger partial charge in [-0.3, -0.25) is 4.79 Å². The van der Waals surface area contributed by atoms with Gasteiger partial charge in [0.1, 0.15) is 0 Å². The number of carbonyl (C=O) groups is 1. The predicted molar refractivity (Wildman–Crippen MR) is 86.5 cm³/mol. The van der Waals surface area contributed by atoms with Crippen LogP contribution in [0.1, 0.15) is 72.1 Å². The number of rotatable bonds is 3. The Morgan fingerprint density at radius 3 is 1.65 bits per heavy atom. The molecule has 0 atom stereocenters. The van der Waals surface area contributed by atoms with E-state index in [-0.39, 0.29) is 24.7 Å². The zero-order chi connectivity index (χ0) is 14.8. The van der Waals surface area contributed by atoms with Crippen molar-refractivity contribution in [2.45, 2.75) is 72.6 Å². The van der Waals surface area contributed by atoms with Gasteiger partial charge in [0.15, 0.2) is 0 Å². The molecular weight excluding hydrogens is 248 g/mol. The van der Waals surface area contributed by atoms with E-state index in [1.165, 1.54) is 11.1 Å². The van der Waals surface area contributed by atoms with Crippen molar-refractivity contribution < 1.29 is 9.90 Å². The van der Waals surface area contributed by atoms with Crippen LogP contribution in [0.2, 0.25) is 0 Å². The zero-order valence-corrected chi connectivity index (χ0v) is 13.0. The van der Waals surface area contributed by atoms with E-state index in [1.54, 1.807) is 0 Å². The molecule has 1 aromatic carbocycles. The molecule has 0 saturated carbocycles. The van der Waals surface area contributed by atoms with Gasteiger partial charge in [-0.25, -0.2) is 0 Å². The van der Waals surface area contributed by atoms with E-state index in [2.05, 4.69) is 59.7 Å². The molecule has 0 aliphatic carbocycles. The molecule has 0 radical (unpaired) electrons. The fourth-order valence-electron chi connectivity index (χ4n) is 1.95. The van der Waals surface area contributed by atoms with Gasteiger partial charge >= 0.3 is 5.97 Å². The van der Waals surface area contributed by atoms with Crippen molar-refractivity contribution in [1.29, 1.82) is 0 Å². The Hall–Kier alpha value is -1.31. The third kappa shape index (κ3) is 5.36. The second-order valence-corrected chi connectivity index (χ2v) is 7.31. The molecule has 1 rings (SSSR count). The summed E-state index contributed by atoms with van der Waals surface area (Å²) < 4.78 is 0. The molecule has 20 heavy (non-hydrogen) atoms. The molecule has 114 valence electrons. The first-order valence-electron chi connectivity index (χ1n) is 6.87. The SMILES string of the molecule is C.CC(C)(C)c1cc(CCC(=O)O)cc(C(C)(C)C)c1. The van der Waals surface area contributed by atoms with Crippen LogP contribution in [0.3, 0.4) is 0 Å². The molecular formula is C18H30O2. The van der Waals surface area contributed by atoms with E-state index in [1.807, 2.05) is 0 Å². The van der Waals surface area contributed by atoms with Crippen LogP contribution in [-0.4, -0.2) is 11.1 Å². The third-order valence-electron chi connectivity index (χ3n) is 3.35. The van der Waals surface area contributed by atoms with E-state index in [9.17, 15) is 4.79 Å². The molecule has 0 bridgehead atoms. The smallest absolute Gasteiger partial charge is 0.303 e. The van der Waals surface area contributed by atoms with Crippen LogP contribution in [0.25, 0.3) is 0 Å². The largest absolute Gasteiger partial charge is 0.481 e. The topological polar surface area (TPSA) is 37.3 Å². The van der Waals surface area contributed by atoms with Crippen molar-refractivity contribution in [1.82, 2.24) is 0 Å². The van der Waals surface area contributed by atoms with Crippen LogP contribution in [0, 0.1) is 0 Å². The van der Waals surface area contributed by atoms with Gasteiger partial charge in [-0.15, -0.1) is 0 Å². The Morgan fingerprint density at radius 2 is 1.35 bits per heavy atom. The minimum atomic E-state index is -0.738. The van der Waals surface area contributed by atoms with Crippen LogP contribution in [0.4, 0.5) is 0 Å². The monoisotopic (exact) mass is 278 g/mol. The molecule has 0 spiro atoms. The Balaban J connectivity index is 0.00000361. The molecule has 1 N–H and O–H groups in total. The first kappa shape index (κ1) is 18.7. The molecule has 2 nitrogen and oxygen atoms in total. The number of aliphatic carboxylic acids is 1. The average Bonchev–Trinajstić information content (AvgIpc) is 2.23. The molecule has 0 aliphatic heterocycles. The summed E-state index contributed by atoms with van der Waals surface area (Å²) in [7, 11) is 0. The van der Waals surface area contributed by atoms with Gasteiger partial charge in [-0.2, -0.15) is 0 Å². The fraction of sp³-hybridized carbons (Fsp3) is 0.611. The van der Waals surface area contributed by atoms with Crippen LogP contribution < -0.4 is 0 Å². The van der Waals surface area contributed by atoms with Crippen molar-refractivity contribution in [2.75, 3.05) is 0 Å². The molecule has 1 aromatic rings. The lowest BCUT2D eigenvalue weighted by molar-refractivity contribution is -0.136. The molecule has 0 heterocycles. The lowest BCUT2D eigenvalue weighted by atomic mass is 9.79. The van der Waals surface area contributed by atoms with E-state index < -0.39 is 5.97 Å². The van der Waals surface area contributed by atoms with Gasteiger partial charge in [0.25, 0.3) is 0 Å². The van der Waals surface area contributed by atoms with Gasteiger partial charge in [0, 0.05) is 6.42 Å². The van der Waals surface area contributed by atoms with Crippen molar-refractivity contribution in [3.63, 3.8) is 0 Å². The molecule has 0 aromatic heterocycles. The number of carboxylic acid groups (broad SMARTS) is 1. The van der Waals surface area contributed by atoms with Crippen LogP contribution >= 0.6 is 0 Å². The summed E-state index contributed by atoms with van der Waals surface area (Å²) in [4.78, 5) is 10.7. The average molecular weight is 278 g/mol. The third-order valence-corrected chi connectivity index (χ3v) is 3.35. The molecule has 0 saturated heterocycles. The number of benzene rings is 1. The van der Waals surface area contributed by atoms with Crippen LogP contribution in [-0.2, 0) is 22.0 Å². The van der Waals surface area contributed by atoms with Crippen molar-refractivity contribution in [3.8, 4) is 0 Å². The van der Waals surface area contributed by atoms with Gasteiger partial charge in [-0.05, 0) is 33.9 Å². The minimum absolute atomic E-state index is 0. The maximum Gasteiger partial charge on any atom is 0.303 e. The summed E-state index contributed by atoms with van der Waals surface area (Å²) in [6, 6.07) is 6.56. The van der Waals surface area contributed by atoms with Crippen molar-refractivity contribution in [3.05, 3.63) is 34.9 Å². The highest BCUT2D eigenvalue weighted by Gasteiger charge is 2.20. The summed E-state index contributed by atoms with van der Waals surface area (Å²) in [5, 5.41) is 8.83. The first-order chi connectivity index (χ1) is 8.50. The summed E-state index contributed by atoms with van der Waals surface area (Å²) >= 11 is 0. The molecule has 0 unspecified atom stereocenters. The maximum atomic E-state index is 10.7.